The first-order valence-corrected chi connectivity index (χ1v) is 8.68. The zero-order chi connectivity index (χ0) is 12.7. The van der Waals surface area contributed by atoms with E-state index in [1.807, 2.05) is 54.4 Å². The van der Waals surface area contributed by atoms with E-state index in [0.29, 0.717) is 13.2 Å². The molecule has 0 saturated carbocycles. The molecular weight excluding hydrogens is 317 g/mol. The van der Waals surface area contributed by atoms with Crippen LogP contribution in [0, 0.1) is 12.8 Å². The minimum Gasteiger partial charge on any atom is -0.516 e. The molecular formula is C10H24GaO2PS2-. The monoisotopic (exact) mass is 340 g/mol. The molecule has 6 heteroatoms. The van der Waals surface area contributed by atoms with Gasteiger partial charge in [-0.1, -0.05) is 27.7 Å². The van der Waals surface area contributed by atoms with Gasteiger partial charge in [-0.3, -0.25) is 9.05 Å². The van der Waals surface area contributed by atoms with Gasteiger partial charge in [0, 0.05) is 25.9 Å². The molecule has 0 unspecified atom stereocenters. The number of hydrogen-bond acceptors (Lipinski definition) is 4. The smallest absolute Gasteiger partial charge is 0.0864 e. The SMILES string of the molecule is CCO[P+]([S-])([S-])OCC.C[CH]C.C[CH]C.[Ga]. The van der Waals surface area contributed by atoms with Crippen LogP contribution in [0.25, 0.3) is 0 Å². The van der Waals surface area contributed by atoms with E-state index in [4.69, 9.17) is 33.5 Å². The van der Waals surface area contributed by atoms with E-state index in [2.05, 4.69) is 0 Å². The topological polar surface area (TPSA) is 18.5 Å². The third-order valence-electron chi connectivity index (χ3n) is 0.574. The maximum atomic E-state index is 4.99. The third-order valence-corrected chi connectivity index (χ3v) is 2.99. The van der Waals surface area contributed by atoms with Crippen molar-refractivity contribution in [2.45, 2.75) is 41.5 Å². The molecule has 0 atom stereocenters. The van der Waals surface area contributed by atoms with Gasteiger partial charge >= 0.3 is 0 Å². The Morgan fingerprint density at radius 3 is 1.19 bits per heavy atom. The van der Waals surface area contributed by atoms with Crippen molar-refractivity contribution >= 4 is 50.4 Å². The van der Waals surface area contributed by atoms with Crippen LogP contribution in [0.5, 0.6) is 0 Å². The van der Waals surface area contributed by atoms with Crippen molar-refractivity contribution in [2.24, 2.45) is 0 Å². The minimum absolute atomic E-state index is 0. The summed E-state index contributed by atoms with van der Waals surface area (Å²) >= 11 is 9.65. The van der Waals surface area contributed by atoms with Gasteiger partial charge in [0.1, 0.15) is 0 Å². The zero-order valence-corrected chi connectivity index (χ0v) is 16.2. The zero-order valence-electron chi connectivity index (χ0n) is 11.2. The Balaban J connectivity index is -0.0000000870. The molecule has 16 heavy (non-hydrogen) atoms. The van der Waals surface area contributed by atoms with Gasteiger partial charge in [0.15, 0.2) is 0 Å². The summed E-state index contributed by atoms with van der Waals surface area (Å²) in [4.78, 5) is 0. The largest absolute Gasteiger partial charge is 0.516 e. The normalized spacial score (nSPS) is 9.00. The molecule has 0 aliphatic rings. The summed E-state index contributed by atoms with van der Waals surface area (Å²) in [5.41, 5.74) is 0. The van der Waals surface area contributed by atoms with Crippen LogP contribution in [-0.2, 0) is 33.5 Å². The molecule has 2 nitrogen and oxygen atoms in total. The van der Waals surface area contributed by atoms with E-state index in [-0.39, 0.29) is 19.8 Å². The average Bonchev–Trinajstić information content (AvgIpc) is 2.06. The second-order valence-corrected chi connectivity index (χ2v) is 7.43. The van der Waals surface area contributed by atoms with Gasteiger partial charge in [0.25, 0.3) is 0 Å². The first kappa shape index (κ1) is 26.3. The van der Waals surface area contributed by atoms with Crippen molar-refractivity contribution in [1.29, 1.82) is 0 Å². The molecule has 5 radical (unpaired) electrons. The molecule has 0 aliphatic heterocycles. The van der Waals surface area contributed by atoms with Crippen molar-refractivity contribution in [3.05, 3.63) is 12.8 Å². The van der Waals surface area contributed by atoms with Crippen molar-refractivity contribution in [2.75, 3.05) is 13.2 Å². The van der Waals surface area contributed by atoms with Gasteiger partial charge < -0.3 is 24.5 Å². The summed E-state index contributed by atoms with van der Waals surface area (Å²) in [6.45, 7) is 12.8. The molecule has 0 spiro atoms. The van der Waals surface area contributed by atoms with E-state index < -0.39 is 6.12 Å². The van der Waals surface area contributed by atoms with Gasteiger partial charge in [-0.15, -0.1) is 0 Å². The van der Waals surface area contributed by atoms with Gasteiger partial charge in [-0.25, -0.2) is 0 Å². The first-order chi connectivity index (χ1) is 6.95. The summed E-state index contributed by atoms with van der Waals surface area (Å²) < 4.78 is 9.98. The Labute approximate surface area is 127 Å². The van der Waals surface area contributed by atoms with E-state index in [1.54, 1.807) is 0 Å². The van der Waals surface area contributed by atoms with Crippen LogP contribution in [-0.4, -0.2) is 33.0 Å². The van der Waals surface area contributed by atoms with Crippen LogP contribution in [0.4, 0.5) is 0 Å². The van der Waals surface area contributed by atoms with E-state index >= 15 is 0 Å². The fraction of sp³-hybridized carbons (Fsp3) is 0.800. The molecule has 0 N–H and O–H groups in total. The number of rotatable bonds is 4. The van der Waals surface area contributed by atoms with Crippen LogP contribution in [0.15, 0.2) is 0 Å². The molecule has 0 aromatic rings. The van der Waals surface area contributed by atoms with Gasteiger partial charge in [0.2, 0.25) is 0 Å². The van der Waals surface area contributed by atoms with Gasteiger partial charge in [-0.2, -0.15) is 0 Å². The first-order valence-electron chi connectivity index (χ1n) is 5.03. The second-order valence-electron chi connectivity index (χ2n) is 2.44. The molecule has 0 saturated heterocycles. The molecule has 0 aliphatic carbocycles. The fourth-order valence-corrected chi connectivity index (χ4v) is 2.33. The summed E-state index contributed by atoms with van der Waals surface area (Å²) in [5, 5.41) is 0. The molecule has 0 fully saturated rings. The summed E-state index contributed by atoms with van der Waals surface area (Å²) in [6.07, 6.45) is 1.72. The number of hydrogen-bond donors (Lipinski definition) is 0. The van der Waals surface area contributed by atoms with Crippen LogP contribution in [0.3, 0.4) is 0 Å². The molecule has 0 amide bonds. The maximum Gasteiger partial charge on any atom is 0.0864 e. The summed E-state index contributed by atoms with van der Waals surface area (Å²) in [7, 11) is 0. The molecule has 97 valence electrons. The molecule has 0 aromatic heterocycles. The third kappa shape index (κ3) is 36.1. The molecule has 0 heterocycles. The minimum atomic E-state index is -2.28. The average molecular weight is 341 g/mol. The second kappa shape index (κ2) is 21.9. The Bertz CT molecular complexity index is 98.8. The predicted molar refractivity (Wildman–Crippen MR) is 82.0 cm³/mol. The Morgan fingerprint density at radius 1 is 0.875 bits per heavy atom. The van der Waals surface area contributed by atoms with Crippen molar-refractivity contribution in [3.8, 4) is 0 Å². The van der Waals surface area contributed by atoms with Crippen LogP contribution >= 0.6 is 6.12 Å². The summed E-state index contributed by atoms with van der Waals surface area (Å²) in [5.74, 6) is 0. The van der Waals surface area contributed by atoms with E-state index in [9.17, 15) is 0 Å². The van der Waals surface area contributed by atoms with E-state index in [1.165, 1.54) is 0 Å². The fourth-order valence-electron chi connectivity index (χ4n) is 0.353. The Kier molecular flexibility index (Phi) is 36.0. The maximum absolute atomic E-state index is 4.99. The van der Waals surface area contributed by atoms with Crippen molar-refractivity contribution in [3.63, 3.8) is 0 Å². The standard InChI is InChI=1S/C4H11O2PS2.2C3H7.Ga/c1-3-5-7(8,9)6-4-2;2*1-3-2;/h3-4H2,1-2H3,(H,8,9);2*3H,1-2H3;/p-1. The van der Waals surface area contributed by atoms with Gasteiger partial charge in [0.05, 0.1) is 13.2 Å². The summed E-state index contributed by atoms with van der Waals surface area (Å²) in [6, 6.07) is 0. The molecule has 0 aromatic carbocycles. The van der Waals surface area contributed by atoms with Gasteiger partial charge in [-0.05, 0) is 26.7 Å². The van der Waals surface area contributed by atoms with Crippen molar-refractivity contribution < 1.29 is 9.05 Å². The van der Waals surface area contributed by atoms with Crippen molar-refractivity contribution in [1.82, 2.24) is 0 Å². The van der Waals surface area contributed by atoms with Crippen LogP contribution < -0.4 is 0 Å². The van der Waals surface area contributed by atoms with Crippen LogP contribution in [0.1, 0.15) is 41.5 Å². The quantitative estimate of drug-likeness (QED) is 0.438. The molecule has 0 rings (SSSR count). The Morgan fingerprint density at radius 2 is 1.06 bits per heavy atom. The van der Waals surface area contributed by atoms with Crippen LogP contribution in [0.2, 0.25) is 0 Å². The Hall–Kier alpha value is 1.69. The van der Waals surface area contributed by atoms with E-state index in [0.717, 1.165) is 0 Å². The predicted octanol–water partition coefficient (Wildman–Crippen LogP) is 3.91. The molecule has 0 bridgehead atoms.